The Morgan fingerprint density at radius 2 is 1.55 bits per heavy atom. The molecule has 0 aliphatic heterocycles. The van der Waals surface area contributed by atoms with Gasteiger partial charge in [-0.25, -0.2) is 9.59 Å². The molecule has 0 fully saturated rings. The van der Waals surface area contributed by atoms with E-state index in [0.717, 1.165) is 0 Å². The summed E-state index contributed by atoms with van der Waals surface area (Å²) < 4.78 is 10.5. The Morgan fingerprint density at radius 3 is 2.05 bits per heavy atom. The Balaban J connectivity index is 3.21. The number of benzene rings is 1. The number of hydrogen-bond donors (Lipinski definition) is 2. The summed E-state index contributed by atoms with van der Waals surface area (Å²) in [5.74, 6) is -2.26. The summed E-state index contributed by atoms with van der Waals surface area (Å²) in [7, 11) is 0. The van der Waals surface area contributed by atoms with Crippen LogP contribution < -0.4 is 0 Å². The van der Waals surface area contributed by atoms with Crippen LogP contribution in [0.25, 0.3) is 0 Å². The van der Waals surface area contributed by atoms with Crippen LogP contribution in [0.3, 0.4) is 0 Å². The number of hydrogen-bond acceptors (Lipinski definition) is 4. The fourth-order valence-electron chi connectivity index (χ4n) is 2.28. The van der Waals surface area contributed by atoms with Crippen molar-refractivity contribution in [2.24, 2.45) is 0 Å². The molecule has 0 saturated heterocycles. The molecule has 0 saturated carbocycles. The van der Waals surface area contributed by atoms with E-state index in [1.807, 2.05) is 13.8 Å². The smallest absolute Gasteiger partial charge is 0.336 e. The summed E-state index contributed by atoms with van der Waals surface area (Å²) in [5.41, 5.74) is 0.955. The Kier molecular flexibility index (Phi) is 7.56. The maximum Gasteiger partial charge on any atom is 0.336 e. The summed E-state index contributed by atoms with van der Waals surface area (Å²) in [4.78, 5) is 23.0. The molecule has 22 heavy (non-hydrogen) atoms. The Bertz CT molecular complexity index is 524. The van der Waals surface area contributed by atoms with E-state index in [4.69, 9.17) is 9.47 Å². The van der Waals surface area contributed by atoms with E-state index >= 15 is 0 Å². The first-order valence-electron chi connectivity index (χ1n) is 7.29. The van der Waals surface area contributed by atoms with E-state index < -0.39 is 11.9 Å². The second kappa shape index (κ2) is 9.17. The standard InChI is InChI=1S/C16H22O6/c1-3-21-9-7-11-5-6-13(15(17)18)12(8-10-22-4-2)14(11)16(19)20/h5-6H,3-4,7-10H2,1-2H3,(H,17,18)(H,19,20). The zero-order valence-corrected chi connectivity index (χ0v) is 12.9. The molecule has 0 aliphatic rings. The molecular formula is C16H22O6. The van der Waals surface area contributed by atoms with Gasteiger partial charge in [-0.15, -0.1) is 0 Å². The number of carboxylic acid groups (broad SMARTS) is 2. The lowest BCUT2D eigenvalue weighted by atomic mass is 9.92. The van der Waals surface area contributed by atoms with Crippen LogP contribution in [0.15, 0.2) is 12.1 Å². The van der Waals surface area contributed by atoms with E-state index in [9.17, 15) is 19.8 Å². The van der Waals surface area contributed by atoms with E-state index in [-0.39, 0.29) is 24.2 Å². The van der Waals surface area contributed by atoms with Crippen molar-refractivity contribution in [2.75, 3.05) is 26.4 Å². The van der Waals surface area contributed by atoms with Crippen LogP contribution in [0.2, 0.25) is 0 Å². The minimum absolute atomic E-state index is 0.0114. The van der Waals surface area contributed by atoms with Crippen LogP contribution in [0.5, 0.6) is 0 Å². The van der Waals surface area contributed by atoms with Crippen molar-refractivity contribution in [3.05, 3.63) is 34.4 Å². The maximum atomic E-state index is 11.6. The molecule has 0 spiro atoms. The Hall–Kier alpha value is -1.92. The third-order valence-electron chi connectivity index (χ3n) is 3.26. The number of ether oxygens (including phenoxy) is 2. The normalized spacial score (nSPS) is 10.6. The third kappa shape index (κ3) is 4.82. The van der Waals surface area contributed by atoms with Crippen LogP contribution in [-0.4, -0.2) is 48.6 Å². The van der Waals surface area contributed by atoms with Gasteiger partial charge in [0, 0.05) is 13.2 Å². The predicted molar refractivity (Wildman–Crippen MR) is 80.8 cm³/mol. The molecule has 122 valence electrons. The minimum atomic E-state index is -1.13. The quantitative estimate of drug-likeness (QED) is 0.644. The lowest BCUT2D eigenvalue weighted by Crippen LogP contribution is -2.16. The molecule has 0 aliphatic carbocycles. The largest absolute Gasteiger partial charge is 0.478 e. The van der Waals surface area contributed by atoms with Crippen molar-refractivity contribution in [1.82, 2.24) is 0 Å². The van der Waals surface area contributed by atoms with E-state index in [1.54, 1.807) is 6.07 Å². The molecule has 0 unspecified atom stereocenters. The topological polar surface area (TPSA) is 93.1 Å². The third-order valence-corrected chi connectivity index (χ3v) is 3.26. The van der Waals surface area contributed by atoms with Crippen molar-refractivity contribution in [3.63, 3.8) is 0 Å². The first kappa shape index (κ1) is 18.1. The van der Waals surface area contributed by atoms with Crippen LogP contribution >= 0.6 is 0 Å². The van der Waals surface area contributed by atoms with Crippen LogP contribution in [-0.2, 0) is 22.3 Å². The maximum absolute atomic E-state index is 11.6. The fourth-order valence-corrected chi connectivity index (χ4v) is 2.28. The highest BCUT2D eigenvalue weighted by Crippen LogP contribution is 2.22. The van der Waals surface area contributed by atoms with Crippen molar-refractivity contribution < 1.29 is 29.3 Å². The molecule has 1 aromatic rings. The van der Waals surface area contributed by atoms with Gasteiger partial charge in [-0.3, -0.25) is 0 Å². The average Bonchev–Trinajstić information content (AvgIpc) is 2.47. The first-order valence-corrected chi connectivity index (χ1v) is 7.29. The fraction of sp³-hybridized carbons (Fsp3) is 0.500. The van der Waals surface area contributed by atoms with Gasteiger partial charge in [0.1, 0.15) is 0 Å². The Morgan fingerprint density at radius 1 is 0.955 bits per heavy atom. The van der Waals surface area contributed by atoms with E-state index in [1.165, 1.54) is 6.07 Å². The molecule has 1 rings (SSSR count). The number of rotatable bonds is 10. The lowest BCUT2D eigenvalue weighted by molar-refractivity contribution is 0.0692. The Labute approximate surface area is 129 Å². The van der Waals surface area contributed by atoms with Crippen LogP contribution in [0, 0.1) is 0 Å². The SMILES string of the molecule is CCOCCc1ccc(C(=O)O)c(CCOCC)c1C(=O)O. The van der Waals surface area contributed by atoms with Crippen molar-refractivity contribution in [1.29, 1.82) is 0 Å². The highest BCUT2D eigenvalue weighted by atomic mass is 16.5. The summed E-state index contributed by atoms with van der Waals surface area (Å²) in [6.45, 7) is 5.41. The first-order chi connectivity index (χ1) is 10.5. The number of carboxylic acids is 2. The highest BCUT2D eigenvalue weighted by molar-refractivity contribution is 5.97. The molecule has 0 heterocycles. The molecule has 1 aromatic carbocycles. The van der Waals surface area contributed by atoms with Crippen LogP contribution in [0.1, 0.15) is 45.7 Å². The zero-order valence-electron chi connectivity index (χ0n) is 12.9. The monoisotopic (exact) mass is 310 g/mol. The number of carbonyl (C=O) groups is 2. The summed E-state index contributed by atoms with van der Waals surface area (Å²) in [5, 5.41) is 18.8. The van der Waals surface area contributed by atoms with Crippen molar-refractivity contribution in [3.8, 4) is 0 Å². The average molecular weight is 310 g/mol. The molecule has 0 bridgehead atoms. The van der Waals surface area contributed by atoms with Gasteiger partial charge in [-0.2, -0.15) is 0 Å². The molecule has 0 atom stereocenters. The minimum Gasteiger partial charge on any atom is -0.478 e. The molecule has 2 N–H and O–H groups in total. The van der Waals surface area contributed by atoms with Crippen LogP contribution in [0.4, 0.5) is 0 Å². The summed E-state index contributed by atoms with van der Waals surface area (Å²) in [6.07, 6.45) is 0.677. The van der Waals surface area contributed by atoms with Gasteiger partial charge in [-0.1, -0.05) is 6.07 Å². The van der Waals surface area contributed by atoms with E-state index in [2.05, 4.69) is 0 Å². The zero-order chi connectivity index (χ0) is 16.5. The molecule has 6 nitrogen and oxygen atoms in total. The van der Waals surface area contributed by atoms with Crippen molar-refractivity contribution in [2.45, 2.75) is 26.7 Å². The molecule has 0 aromatic heterocycles. The molecule has 0 radical (unpaired) electrons. The van der Waals surface area contributed by atoms with Gasteiger partial charge in [0.25, 0.3) is 0 Å². The summed E-state index contributed by atoms with van der Waals surface area (Å²) >= 11 is 0. The number of aromatic carboxylic acids is 2. The van der Waals surface area contributed by atoms with Gasteiger partial charge in [-0.05, 0) is 43.9 Å². The van der Waals surface area contributed by atoms with E-state index in [0.29, 0.717) is 37.4 Å². The van der Waals surface area contributed by atoms with Gasteiger partial charge in [0.05, 0.1) is 24.3 Å². The second-order valence-corrected chi connectivity index (χ2v) is 4.63. The molecular weight excluding hydrogens is 288 g/mol. The van der Waals surface area contributed by atoms with Gasteiger partial charge < -0.3 is 19.7 Å². The highest BCUT2D eigenvalue weighted by Gasteiger charge is 2.21. The molecule has 6 heteroatoms. The molecule has 0 amide bonds. The summed E-state index contributed by atoms with van der Waals surface area (Å²) in [6, 6.07) is 3.01. The second-order valence-electron chi connectivity index (χ2n) is 4.63. The van der Waals surface area contributed by atoms with Crippen molar-refractivity contribution >= 4 is 11.9 Å². The lowest BCUT2D eigenvalue weighted by Gasteiger charge is -2.14. The van der Waals surface area contributed by atoms with Gasteiger partial charge >= 0.3 is 11.9 Å². The van der Waals surface area contributed by atoms with Gasteiger partial charge in [0.15, 0.2) is 0 Å². The van der Waals surface area contributed by atoms with Gasteiger partial charge in [0.2, 0.25) is 0 Å². The predicted octanol–water partition coefficient (Wildman–Crippen LogP) is 2.24.